The van der Waals surface area contributed by atoms with Gasteiger partial charge >= 0.3 is 17.9 Å². The van der Waals surface area contributed by atoms with E-state index in [4.69, 9.17) is 14.2 Å². The van der Waals surface area contributed by atoms with Crippen LogP contribution in [0.1, 0.15) is 342 Å². The molecule has 0 spiro atoms. The summed E-state index contributed by atoms with van der Waals surface area (Å²) in [6.45, 7) is 6.36. The lowest BCUT2D eigenvalue weighted by Crippen LogP contribution is -2.30. The highest BCUT2D eigenvalue weighted by Crippen LogP contribution is 2.18. The molecule has 0 bridgehead atoms. The number of esters is 3. The van der Waals surface area contributed by atoms with Crippen LogP contribution in [0.2, 0.25) is 0 Å². The monoisotopic (exact) mass is 1130 g/mol. The Bertz CT molecular complexity index is 1580. The number of rotatable bonds is 63. The zero-order valence-electron chi connectivity index (χ0n) is 53.5. The van der Waals surface area contributed by atoms with E-state index >= 15 is 0 Å². The van der Waals surface area contributed by atoms with E-state index in [1.165, 1.54) is 205 Å². The summed E-state index contributed by atoms with van der Waals surface area (Å²) >= 11 is 0. The molecule has 0 fully saturated rings. The molecule has 0 aliphatic heterocycles. The molecule has 0 aliphatic rings. The third-order valence-corrected chi connectivity index (χ3v) is 15.1. The maximum absolute atomic E-state index is 12.9. The maximum Gasteiger partial charge on any atom is 0.309 e. The van der Waals surface area contributed by atoms with Crippen molar-refractivity contribution in [3.05, 3.63) is 97.2 Å². The van der Waals surface area contributed by atoms with Gasteiger partial charge in [-0.05, 0) is 77.0 Å². The van der Waals surface area contributed by atoms with Crippen LogP contribution >= 0.6 is 0 Å². The lowest BCUT2D eigenvalue weighted by molar-refractivity contribution is -0.166. The Morgan fingerprint density at radius 2 is 0.531 bits per heavy atom. The van der Waals surface area contributed by atoms with Gasteiger partial charge in [0.25, 0.3) is 0 Å². The molecule has 0 saturated carbocycles. The molecule has 466 valence electrons. The van der Waals surface area contributed by atoms with Crippen molar-refractivity contribution in [2.24, 2.45) is 0 Å². The number of carbonyl (C=O) groups is 3. The standard InChI is InChI=1S/C75H130O6/c1-4-7-10-13-16-19-22-25-28-30-31-32-33-34-35-36-37-38-39-40-41-42-43-45-47-50-53-56-59-62-65-68-74(77)80-71-72(70-79-73(76)67-64-61-58-55-52-49-46-27-24-21-18-15-12-9-6-3)81-75(78)69-66-63-60-57-54-51-48-44-29-26-23-20-17-14-11-8-5-2/h8-9,11-12,17-18,20-21,26-27,29,46,52,55,61,64,72H,4-7,10,13-16,19,22-25,28,30-45,47-51,53-54,56-60,62-63,65-71H2,1-3H3/b11-8-,12-9-,20-17-,21-18-,29-26-,46-27-,55-52-,64-61-. The van der Waals surface area contributed by atoms with E-state index in [1.54, 1.807) is 6.08 Å². The van der Waals surface area contributed by atoms with E-state index < -0.39 is 12.1 Å². The van der Waals surface area contributed by atoms with Gasteiger partial charge < -0.3 is 14.2 Å². The molecule has 1 atom stereocenters. The van der Waals surface area contributed by atoms with Crippen LogP contribution in [0, 0.1) is 0 Å². The highest BCUT2D eigenvalue weighted by atomic mass is 16.6. The third kappa shape index (κ3) is 67.0. The fourth-order valence-electron chi connectivity index (χ4n) is 10.0. The number of carbonyl (C=O) groups excluding carboxylic acids is 3. The lowest BCUT2D eigenvalue weighted by Gasteiger charge is -2.18. The minimum absolute atomic E-state index is 0.109. The van der Waals surface area contributed by atoms with Gasteiger partial charge in [-0.25, -0.2) is 0 Å². The van der Waals surface area contributed by atoms with Crippen LogP contribution in [0.4, 0.5) is 0 Å². The van der Waals surface area contributed by atoms with Gasteiger partial charge in [-0.1, -0.05) is 343 Å². The van der Waals surface area contributed by atoms with Crippen LogP contribution in [0.5, 0.6) is 0 Å². The Labute approximate surface area is 502 Å². The second-order valence-electron chi connectivity index (χ2n) is 23.1. The van der Waals surface area contributed by atoms with E-state index in [-0.39, 0.29) is 31.6 Å². The summed E-state index contributed by atoms with van der Waals surface area (Å²) in [6.07, 6.45) is 93.4. The first-order valence-electron chi connectivity index (χ1n) is 34.7. The van der Waals surface area contributed by atoms with Crippen molar-refractivity contribution in [2.75, 3.05) is 13.2 Å². The Morgan fingerprint density at radius 1 is 0.272 bits per heavy atom. The average Bonchev–Trinajstić information content (AvgIpc) is 3.47. The quantitative estimate of drug-likeness (QED) is 0.0261. The first-order valence-corrected chi connectivity index (χ1v) is 34.7. The van der Waals surface area contributed by atoms with Crippen molar-refractivity contribution >= 4 is 17.9 Å². The molecular weight excluding hydrogens is 997 g/mol. The predicted molar refractivity (Wildman–Crippen MR) is 353 cm³/mol. The van der Waals surface area contributed by atoms with Crippen molar-refractivity contribution in [1.82, 2.24) is 0 Å². The van der Waals surface area contributed by atoms with E-state index in [9.17, 15) is 14.4 Å². The van der Waals surface area contributed by atoms with Gasteiger partial charge in [0.2, 0.25) is 0 Å². The second kappa shape index (κ2) is 68.8. The number of hydrogen-bond acceptors (Lipinski definition) is 6. The van der Waals surface area contributed by atoms with E-state index in [1.807, 2.05) is 6.08 Å². The van der Waals surface area contributed by atoms with Crippen LogP contribution < -0.4 is 0 Å². The molecule has 0 radical (unpaired) electrons. The molecule has 0 saturated heterocycles. The maximum atomic E-state index is 12.9. The average molecular weight is 1130 g/mol. The van der Waals surface area contributed by atoms with Crippen molar-refractivity contribution in [3.63, 3.8) is 0 Å². The Hall–Kier alpha value is -3.67. The fourth-order valence-corrected chi connectivity index (χ4v) is 10.0. The van der Waals surface area contributed by atoms with Crippen LogP contribution in [0.15, 0.2) is 97.2 Å². The molecule has 0 aromatic rings. The van der Waals surface area contributed by atoms with Gasteiger partial charge in [0.15, 0.2) is 6.10 Å². The highest BCUT2D eigenvalue weighted by Gasteiger charge is 2.19. The summed E-state index contributed by atoms with van der Waals surface area (Å²) in [5.41, 5.74) is 0. The van der Waals surface area contributed by atoms with Gasteiger partial charge in [0, 0.05) is 12.8 Å². The molecule has 81 heavy (non-hydrogen) atoms. The summed E-state index contributed by atoms with van der Waals surface area (Å²) < 4.78 is 16.8. The van der Waals surface area contributed by atoms with Crippen molar-refractivity contribution in [1.29, 1.82) is 0 Å². The smallest absolute Gasteiger partial charge is 0.309 e. The van der Waals surface area contributed by atoms with Crippen LogP contribution in [-0.2, 0) is 28.6 Å². The zero-order chi connectivity index (χ0) is 58.5. The SMILES string of the molecule is CC/C=C\C/C=C\C/C=C\C/C=C\C/C=C\CC(=O)OCC(COC(=O)CCCCCCCCCCCCCCCCCCCCCCCCCCCCCCCCC)OC(=O)CCCCCCCCC/C=C\C/C=C\C/C=C\CC. The number of allylic oxidation sites excluding steroid dienone is 15. The topological polar surface area (TPSA) is 78.9 Å². The van der Waals surface area contributed by atoms with Crippen LogP contribution in [0.25, 0.3) is 0 Å². The molecule has 6 nitrogen and oxygen atoms in total. The zero-order valence-corrected chi connectivity index (χ0v) is 53.5. The summed E-state index contributed by atoms with van der Waals surface area (Å²) in [4.78, 5) is 38.3. The Kier molecular flexibility index (Phi) is 65.7. The van der Waals surface area contributed by atoms with Crippen molar-refractivity contribution in [2.45, 2.75) is 348 Å². The molecule has 0 aliphatic carbocycles. The van der Waals surface area contributed by atoms with Crippen LogP contribution in [-0.4, -0.2) is 37.2 Å². The highest BCUT2D eigenvalue weighted by molar-refractivity contribution is 5.72. The summed E-state index contributed by atoms with van der Waals surface area (Å²) in [7, 11) is 0. The molecule has 6 heteroatoms. The summed E-state index contributed by atoms with van der Waals surface area (Å²) in [5.74, 6) is -1.04. The largest absolute Gasteiger partial charge is 0.462 e. The molecular formula is C75H130O6. The molecule has 0 N–H and O–H groups in total. The minimum atomic E-state index is -0.824. The van der Waals surface area contributed by atoms with Crippen LogP contribution in [0.3, 0.4) is 0 Å². The molecule has 0 rings (SSSR count). The van der Waals surface area contributed by atoms with Gasteiger partial charge in [0.05, 0.1) is 6.42 Å². The molecule has 0 amide bonds. The Morgan fingerprint density at radius 3 is 0.864 bits per heavy atom. The van der Waals surface area contributed by atoms with E-state index in [0.29, 0.717) is 12.8 Å². The second-order valence-corrected chi connectivity index (χ2v) is 23.1. The minimum Gasteiger partial charge on any atom is -0.462 e. The summed E-state index contributed by atoms with van der Waals surface area (Å²) in [6, 6.07) is 0. The summed E-state index contributed by atoms with van der Waals surface area (Å²) in [5, 5.41) is 0. The molecule has 0 heterocycles. The number of hydrogen-bond donors (Lipinski definition) is 0. The van der Waals surface area contributed by atoms with Gasteiger partial charge in [-0.3, -0.25) is 14.4 Å². The number of ether oxygens (including phenoxy) is 3. The Balaban J connectivity index is 4.24. The lowest BCUT2D eigenvalue weighted by atomic mass is 10.0. The number of unbranched alkanes of at least 4 members (excludes halogenated alkanes) is 37. The first-order chi connectivity index (χ1) is 40.0. The first kappa shape index (κ1) is 77.3. The van der Waals surface area contributed by atoms with Gasteiger partial charge in [-0.2, -0.15) is 0 Å². The molecule has 0 aromatic carbocycles. The van der Waals surface area contributed by atoms with Crippen molar-refractivity contribution in [3.8, 4) is 0 Å². The van der Waals surface area contributed by atoms with E-state index in [2.05, 4.69) is 106 Å². The molecule has 0 aromatic heterocycles. The molecule has 1 unspecified atom stereocenters. The van der Waals surface area contributed by atoms with Crippen molar-refractivity contribution < 1.29 is 28.6 Å². The van der Waals surface area contributed by atoms with Gasteiger partial charge in [-0.15, -0.1) is 0 Å². The van der Waals surface area contributed by atoms with Gasteiger partial charge in [0.1, 0.15) is 13.2 Å². The third-order valence-electron chi connectivity index (χ3n) is 15.1. The predicted octanol–water partition coefficient (Wildman–Crippen LogP) is 24.0. The normalized spacial score (nSPS) is 12.7. The van der Waals surface area contributed by atoms with E-state index in [0.717, 1.165) is 96.3 Å². The fraction of sp³-hybridized carbons (Fsp3) is 0.747.